The van der Waals surface area contributed by atoms with Crippen LogP contribution in [0.2, 0.25) is 0 Å². The van der Waals surface area contributed by atoms with Crippen molar-refractivity contribution in [3.05, 3.63) is 0 Å². The van der Waals surface area contributed by atoms with E-state index < -0.39 is 0 Å². The van der Waals surface area contributed by atoms with Gasteiger partial charge in [0.05, 0.1) is 6.10 Å². The van der Waals surface area contributed by atoms with Gasteiger partial charge in [-0.25, -0.2) is 0 Å². The van der Waals surface area contributed by atoms with E-state index >= 15 is 0 Å². The highest BCUT2D eigenvalue weighted by Gasteiger charge is 2.72. The third kappa shape index (κ3) is 0.654. The van der Waals surface area contributed by atoms with Gasteiger partial charge in [0.2, 0.25) is 0 Å². The van der Waals surface area contributed by atoms with Crippen LogP contribution < -0.4 is 0 Å². The second-order valence-corrected chi connectivity index (χ2v) is 5.23. The van der Waals surface area contributed by atoms with E-state index in [9.17, 15) is 5.11 Å². The number of aliphatic hydroxyl groups is 1. The largest absolute Gasteiger partial charge is 0.393 e. The molecule has 0 amide bonds. The maximum atomic E-state index is 9.95. The summed E-state index contributed by atoms with van der Waals surface area (Å²) in [6.07, 6.45) is 10.8. The monoisotopic (exact) mass is 166 g/mol. The predicted molar refractivity (Wildman–Crippen MR) is 47.8 cm³/mol. The van der Waals surface area contributed by atoms with Crippen molar-refractivity contribution < 1.29 is 5.11 Å². The lowest BCUT2D eigenvalue weighted by Gasteiger charge is -2.18. The standard InChI is InChI=1S/C11H18O/c12-9-4-7-10-5-2-1-3-6-11(9,10)8-10/h9,12H,1-8H2/t9-,10+,11+/m1/s1. The predicted octanol–water partition coefficient (Wildman–Crippen LogP) is 2.48. The number of hydrogen-bond donors (Lipinski definition) is 1. The summed E-state index contributed by atoms with van der Waals surface area (Å²) in [4.78, 5) is 0. The SMILES string of the molecule is O[C@@H]1CC[C@]23CCCCC[C@]12C3. The highest BCUT2D eigenvalue weighted by atomic mass is 16.3. The maximum Gasteiger partial charge on any atom is 0.0602 e. The summed E-state index contributed by atoms with van der Waals surface area (Å²) in [7, 11) is 0. The zero-order chi connectivity index (χ0) is 8.23. The molecule has 0 aromatic rings. The van der Waals surface area contributed by atoms with Crippen LogP contribution >= 0.6 is 0 Å². The number of hydrogen-bond acceptors (Lipinski definition) is 1. The van der Waals surface area contributed by atoms with Crippen molar-refractivity contribution in [2.45, 2.75) is 57.5 Å². The van der Waals surface area contributed by atoms with Crippen molar-refractivity contribution in [3.8, 4) is 0 Å². The fourth-order valence-electron chi connectivity index (χ4n) is 4.12. The highest BCUT2D eigenvalue weighted by molar-refractivity contribution is 5.22. The first kappa shape index (κ1) is 7.37. The fraction of sp³-hybridized carbons (Fsp3) is 1.00. The van der Waals surface area contributed by atoms with E-state index in [4.69, 9.17) is 0 Å². The van der Waals surface area contributed by atoms with Crippen molar-refractivity contribution in [1.29, 1.82) is 0 Å². The Balaban J connectivity index is 1.92. The molecule has 0 saturated heterocycles. The van der Waals surface area contributed by atoms with Gasteiger partial charge in [0.15, 0.2) is 0 Å². The molecule has 3 saturated carbocycles. The minimum Gasteiger partial charge on any atom is -0.393 e. The Morgan fingerprint density at radius 3 is 2.75 bits per heavy atom. The van der Waals surface area contributed by atoms with Crippen molar-refractivity contribution in [2.75, 3.05) is 0 Å². The summed E-state index contributed by atoms with van der Waals surface area (Å²) in [6.45, 7) is 0. The molecule has 3 rings (SSSR count). The van der Waals surface area contributed by atoms with Crippen LogP contribution in [-0.2, 0) is 0 Å². The fourth-order valence-corrected chi connectivity index (χ4v) is 4.12. The second kappa shape index (κ2) is 2.06. The average Bonchev–Trinajstić information content (AvgIpc) is 2.64. The molecule has 1 N–H and O–H groups in total. The van der Waals surface area contributed by atoms with Gasteiger partial charge in [-0.15, -0.1) is 0 Å². The Labute approximate surface area is 74.2 Å². The van der Waals surface area contributed by atoms with E-state index in [1.165, 1.54) is 44.9 Å². The molecule has 0 unspecified atom stereocenters. The summed E-state index contributed by atoms with van der Waals surface area (Å²) < 4.78 is 0. The van der Waals surface area contributed by atoms with Gasteiger partial charge >= 0.3 is 0 Å². The summed E-state index contributed by atoms with van der Waals surface area (Å²) in [6, 6.07) is 0. The Hall–Kier alpha value is -0.0400. The molecule has 3 aliphatic carbocycles. The molecule has 0 heterocycles. The van der Waals surface area contributed by atoms with Crippen LogP contribution in [0.4, 0.5) is 0 Å². The third-order valence-electron chi connectivity index (χ3n) is 4.90. The van der Waals surface area contributed by atoms with Gasteiger partial charge in [-0.1, -0.05) is 19.3 Å². The Morgan fingerprint density at radius 2 is 1.83 bits per heavy atom. The molecule has 1 heteroatoms. The van der Waals surface area contributed by atoms with Crippen molar-refractivity contribution in [3.63, 3.8) is 0 Å². The minimum absolute atomic E-state index is 0.0654. The van der Waals surface area contributed by atoms with Crippen LogP contribution in [0, 0.1) is 10.8 Å². The number of rotatable bonds is 0. The van der Waals surface area contributed by atoms with E-state index in [1.54, 1.807) is 0 Å². The van der Waals surface area contributed by atoms with Gasteiger partial charge in [-0.2, -0.15) is 0 Å². The third-order valence-corrected chi connectivity index (χ3v) is 4.90. The lowest BCUT2D eigenvalue weighted by molar-refractivity contribution is 0.0931. The van der Waals surface area contributed by atoms with Gasteiger partial charge in [0.25, 0.3) is 0 Å². The maximum absolute atomic E-state index is 9.95. The quantitative estimate of drug-likeness (QED) is 0.586. The summed E-state index contributed by atoms with van der Waals surface area (Å²) in [5.74, 6) is 0. The van der Waals surface area contributed by atoms with E-state index in [-0.39, 0.29) is 6.10 Å². The van der Waals surface area contributed by atoms with E-state index in [0.29, 0.717) is 10.8 Å². The summed E-state index contributed by atoms with van der Waals surface area (Å²) >= 11 is 0. The van der Waals surface area contributed by atoms with Crippen LogP contribution in [-0.4, -0.2) is 11.2 Å². The smallest absolute Gasteiger partial charge is 0.0602 e. The molecule has 3 atom stereocenters. The topological polar surface area (TPSA) is 20.2 Å². The molecule has 0 aromatic carbocycles. The molecule has 1 nitrogen and oxygen atoms in total. The van der Waals surface area contributed by atoms with Gasteiger partial charge in [0, 0.05) is 5.41 Å². The van der Waals surface area contributed by atoms with Crippen LogP contribution in [0.25, 0.3) is 0 Å². The summed E-state index contributed by atoms with van der Waals surface area (Å²) in [5, 5.41) is 9.95. The Bertz CT molecular complexity index is 209. The lowest BCUT2D eigenvalue weighted by Crippen LogP contribution is -2.19. The first-order valence-corrected chi connectivity index (χ1v) is 5.47. The molecule has 0 bridgehead atoms. The summed E-state index contributed by atoms with van der Waals surface area (Å²) in [5.41, 5.74) is 1.08. The Kier molecular flexibility index (Phi) is 1.27. The van der Waals surface area contributed by atoms with Crippen LogP contribution in [0.1, 0.15) is 51.4 Å². The lowest BCUT2D eigenvalue weighted by atomic mass is 9.90. The average molecular weight is 166 g/mol. The van der Waals surface area contributed by atoms with Gasteiger partial charge in [-0.05, 0) is 37.5 Å². The molecule has 3 aliphatic rings. The molecule has 0 radical (unpaired) electrons. The molecule has 0 aromatic heterocycles. The second-order valence-electron chi connectivity index (χ2n) is 5.23. The van der Waals surface area contributed by atoms with E-state index in [1.807, 2.05) is 0 Å². The minimum atomic E-state index is 0.0654. The zero-order valence-electron chi connectivity index (χ0n) is 7.68. The normalized spacial score (nSPS) is 57.2. The van der Waals surface area contributed by atoms with Gasteiger partial charge < -0.3 is 5.11 Å². The molecular weight excluding hydrogens is 148 g/mol. The van der Waals surface area contributed by atoms with Crippen molar-refractivity contribution in [1.82, 2.24) is 0 Å². The number of aliphatic hydroxyl groups excluding tert-OH is 1. The molecule has 68 valence electrons. The highest BCUT2D eigenvalue weighted by Crippen LogP contribution is 2.78. The first-order valence-electron chi connectivity index (χ1n) is 5.47. The molecule has 12 heavy (non-hydrogen) atoms. The molecule has 3 fully saturated rings. The van der Waals surface area contributed by atoms with Gasteiger partial charge in [-0.3, -0.25) is 0 Å². The molecular formula is C11H18O. The van der Waals surface area contributed by atoms with E-state index in [0.717, 1.165) is 6.42 Å². The first-order chi connectivity index (χ1) is 5.79. The Morgan fingerprint density at radius 1 is 1.00 bits per heavy atom. The van der Waals surface area contributed by atoms with Crippen LogP contribution in [0.5, 0.6) is 0 Å². The molecule has 0 spiro atoms. The van der Waals surface area contributed by atoms with Crippen LogP contribution in [0.15, 0.2) is 0 Å². The van der Waals surface area contributed by atoms with Crippen LogP contribution in [0.3, 0.4) is 0 Å². The van der Waals surface area contributed by atoms with Crippen molar-refractivity contribution >= 4 is 0 Å². The molecule has 0 aliphatic heterocycles. The van der Waals surface area contributed by atoms with Crippen molar-refractivity contribution in [2.24, 2.45) is 10.8 Å². The zero-order valence-corrected chi connectivity index (χ0v) is 7.68. The van der Waals surface area contributed by atoms with Gasteiger partial charge in [0.1, 0.15) is 0 Å². The van der Waals surface area contributed by atoms with E-state index in [2.05, 4.69) is 0 Å².